The van der Waals surface area contributed by atoms with Crippen molar-refractivity contribution in [2.45, 2.75) is 37.6 Å². The summed E-state index contributed by atoms with van der Waals surface area (Å²) in [4.78, 5) is 22.6. The fourth-order valence-electron chi connectivity index (χ4n) is 5.05. The van der Waals surface area contributed by atoms with Gasteiger partial charge >= 0.3 is 0 Å². The van der Waals surface area contributed by atoms with Crippen molar-refractivity contribution in [3.05, 3.63) is 76.9 Å². The number of carbonyl (C=O) groups is 1. The molecule has 0 aromatic heterocycles. The Kier molecular flexibility index (Phi) is 8.28. The number of nitrogens with one attached hydrogen (secondary N) is 1. The SMILES string of the molecule is CCc1cc(C(=O)N2CCN(Cc3ccc(OC)cc3O)CC2)ccc1NS(=O)c1cccc2c1N=CCC2. The quantitative estimate of drug-likeness (QED) is 0.427. The molecule has 0 radical (unpaired) electrons. The number of benzene rings is 3. The van der Waals surface area contributed by atoms with Gasteiger partial charge in [0.1, 0.15) is 11.5 Å². The van der Waals surface area contributed by atoms with E-state index in [-0.39, 0.29) is 11.7 Å². The van der Waals surface area contributed by atoms with E-state index in [0.29, 0.717) is 42.3 Å². The van der Waals surface area contributed by atoms with Crippen LogP contribution in [0.1, 0.15) is 40.4 Å². The minimum absolute atomic E-state index is 0.00390. The van der Waals surface area contributed by atoms with E-state index in [2.05, 4.69) is 14.6 Å². The Morgan fingerprint density at radius 3 is 2.64 bits per heavy atom. The number of phenols is 1. The van der Waals surface area contributed by atoms with Crippen LogP contribution in [0.5, 0.6) is 11.5 Å². The highest BCUT2D eigenvalue weighted by molar-refractivity contribution is 7.86. The molecule has 0 saturated carbocycles. The largest absolute Gasteiger partial charge is 0.507 e. The molecule has 1 amide bonds. The van der Waals surface area contributed by atoms with Gasteiger partial charge in [0.2, 0.25) is 0 Å². The highest BCUT2D eigenvalue weighted by atomic mass is 32.2. The first kappa shape index (κ1) is 26.9. The van der Waals surface area contributed by atoms with Crippen LogP contribution in [0.3, 0.4) is 0 Å². The van der Waals surface area contributed by atoms with Gasteiger partial charge in [0.25, 0.3) is 5.91 Å². The van der Waals surface area contributed by atoms with Crippen molar-refractivity contribution in [2.75, 3.05) is 38.0 Å². The van der Waals surface area contributed by atoms with E-state index in [1.165, 1.54) is 0 Å². The summed E-state index contributed by atoms with van der Waals surface area (Å²) >= 11 is 0. The predicted octanol–water partition coefficient (Wildman–Crippen LogP) is 4.70. The molecule has 3 aromatic rings. The lowest BCUT2D eigenvalue weighted by Gasteiger charge is -2.35. The zero-order valence-corrected chi connectivity index (χ0v) is 23.2. The number of phenolic OH excluding ortho intramolecular Hbond substituents is 1. The van der Waals surface area contributed by atoms with Gasteiger partial charge in [-0.2, -0.15) is 0 Å². The summed E-state index contributed by atoms with van der Waals surface area (Å²) in [5, 5.41) is 10.3. The van der Waals surface area contributed by atoms with E-state index in [0.717, 1.165) is 54.0 Å². The number of hydrogen-bond acceptors (Lipinski definition) is 6. The number of amides is 1. The van der Waals surface area contributed by atoms with Gasteiger partial charge in [0, 0.05) is 61.8 Å². The summed E-state index contributed by atoms with van der Waals surface area (Å²) in [5.74, 6) is 0.837. The average molecular weight is 547 g/mol. The van der Waals surface area contributed by atoms with Gasteiger partial charge in [-0.3, -0.25) is 14.7 Å². The fraction of sp³-hybridized carbons (Fsp3) is 0.333. The molecule has 2 aliphatic rings. The zero-order chi connectivity index (χ0) is 27.4. The van der Waals surface area contributed by atoms with Crippen molar-refractivity contribution < 1.29 is 18.8 Å². The number of piperazine rings is 1. The summed E-state index contributed by atoms with van der Waals surface area (Å²) in [5.41, 5.74) is 5.08. The van der Waals surface area contributed by atoms with Crippen molar-refractivity contribution in [1.82, 2.24) is 9.80 Å². The van der Waals surface area contributed by atoms with Crippen LogP contribution in [0.15, 0.2) is 64.5 Å². The van der Waals surface area contributed by atoms with Gasteiger partial charge in [-0.05, 0) is 60.7 Å². The lowest BCUT2D eigenvalue weighted by atomic mass is 10.1. The number of aliphatic imine (C=N–C) groups is 1. The highest BCUT2D eigenvalue weighted by Crippen LogP contribution is 2.32. The Morgan fingerprint density at radius 2 is 1.90 bits per heavy atom. The van der Waals surface area contributed by atoms with Gasteiger partial charge in [0.15, 0.2) is 11.0 Å². The van der Waals surface area contributed by atoms with E-state index in [9.17, 15) is 14.1 Å². The minimum atomic E-state index is -1.47. The molecule has 2 heterocycles. The van der Waals surface area contributed by atoms with Crippen LogP contribution in [0, 0.1) is 0 Å². The third-order valence-corrected chi connectivity index (χ3v) is 8.46. The maximum Gasteiger partial charge on any atom is 0.253 e. The maximum atomic E-state index is 13.3. The first-order valence-corrected chi connectivity index (χ1v) is 14.4. The Bertz CT molecular complexity index is 1420. The Labute approximate surface area is 231 Å². The maximum absolute atomic E-state index is 13.3. The molecular formula is C30H34N4O4S. The van der Waals surface area contributed by atoms with Crippen molar-refractivity contribution in [3.8, 4) is 11.5 Å². The number of aryl methyl sites for hydroxylation is 2. The van der Waals surface area contributed by atoms with Crippen LogP contribution < -0.4 is 9.46 Å². The summed E-state index contributed by atoms with van der Waals surface area (Å²) in [7, 11) is 0.103. The van der Waals surface area contributed by atoms with E-state index in [1.54, 1.807) is 19.2 Å². The molecule has 1 unspecified atom stereocenters. The van der Waals surface area contributed by atoms with Gasteiger partial charge in [0.05, 0.1) is 17.7 Å². The minimum Gasteiger partial charge on any atom is -0.507 e. The fourth-order valence-corrected chi connectivity index (χ4v) is 6.12. The molecule has 2 aliphatic heterocycles. The standard InChI is InChI=1S/C30H34N4O4S/c1-3-21-18-23(10-12-26(21)32-39(37)28-8-4-6-22-7-5-13-31-29(22)28)30(36)34-16-14-33(15-17-34)20-24-9-11-25(38-2)19-27(24)35/h4,6,8-13,18-19,32,35H,3,5,7,14-17,20H2,1-2H3. The Morgan fingerprint density at radius 1 is 1.08 bits per heavy atom. The third kappa shape index (κ3) is 5.99. The molecule has 204 valence electrons. The normalized spacial score (nSPS) is 16.0. The summed E-state index contributed by atoms with van der Waals surface area (Å²) in [6.07, 6.45) is 4.38. The van der Waals surface area contributed by atoms with Gasteiger partial charge in [-0.25, -0.2) is 4.21 Å². The molecule has 1 atom stereocenters. The molecule has 0 spiro atoms. The van der Waals surface area contributed by atoms with E-state index in [1.807, 2.05) is 60.5 Å². The van der Waals surface area contributed by atoms with E-state index >= 15 is 0 Å². The summed E-state index contributed by atoms with van der Waals surface area (Å²) in [6.45, 7) is 5.31. The molecule has 3 aromatic carbocycles. The van der Waals surface area contributed by atoms with Crippen LogP contribution >= 0.6 is 0 Å². The molecule has 39 heavy (non-hydrogen) atoms. The molecule has 0 aliphatic carbocycles. The molecule has 8 nitrogen and oxygen atoms in total. The van der Waals surface area contributed by atoms with Crippen LogP contribution in [-0.2, 0) is 30.4 Å². The molecule has 2 N–H and O–H groups in total. The number of ether oxygens (including phenoxy) is 1. The van der Waals surface area contributed by atoms with Gasteiger partial charge in [-0.15, -0.1) is 0 Å². The number of rotatable bonds is 8. The van der Waals surface area contributed by atoms with Crippen LogP contribution in [0.2, 0.25) is 0 Å². The average Bonchev–Trinajstić information content (AvgIpc) is 2.98. The molecule has 0 bridgehead atoms. The Balaban J connectivity index is 1.22. The molecule has 9 heteroatoms. The Hall–Kier alpha value is -3.69. The number of fused-ring (bicyclic) bond motifs is 1. The zero-order valence-electron chi connectivity index (χ0n) is 22.4. The topological polar surface area (TPSA) is 94.5 Å². The lowest BCUT2D eigenvalue weighted by molar-refractivity contribution is 0.0627. The second kappa shape index (κ2) is 12.0. The van der Waals surface area contributed by atoms with Crippen molar-refractivity contribution in [1.29, 1.82) is 0 Å². The first-order valence-electron chi connectivity index (χ1n) is 13.3. The lowest BCUT2D eigenvalue weighted by Crippen LogP contribution is -2.48. The van der Waals surface area contributed by atoms with Gasteiger partial charge < -0.3 is 19.5 Å². The number of para-hydroxylation sites is 1. The molecule has 1 saturated heterocycles. The monoisotopic (exact) mass is 546 g/mol. The van der Waals surface area contributed by atoms with Crippen LogP contribution in [0.4, 0.5) is 11.4 Å². The number of hydrogen-bond donors (Lipinski definition) is 2. The molecular weight excluding hydrogens is 512 g/mol. The van der Waals surface area contributed by atoms with E-state index < -0.39 is 11.0 Å². The summed E-state index contributed by atoms with van der Waals surface area (Å²) in [6, 6.07) is 16.7. The first-order chi connectivity index (χ1) is 19.0. The van der Waals surface area contributed by atoms with Crippen LogP contribution in [-0.4, -0.2) is 64.5 Å². The van der Waals surface area contributed by atoms with Crippen LogP contribution in [0.25, 0.3) is 0 Å². The number of aromatic hydroxyl groups is 1. The van der Waals surface area contributed by atoms with Gasteiger partial charge in [-0.1, -0.05) is 25.1 Å². The number of anilines is 1. The smallest absolute Gasteiger partial charge is 0.253 e. The highest BCUT2D eigenvalue weighted by Gasteiger charge is 2.24. The van der Waals surface area contributed by atoms with Crippen molar-refractivity contribution in [2.24, 2.45) is 4.99 Å². The second-order valence-electron chi connectivity index (χ2n) is 9.77. The predicted molar refractivity (Wildman–Crippen MR) is 155 cm³/mol. The van der Waals surface area contributed by atoms with E-state index in [4.69, 9.17) is 4.74 Å². The van der Waals surface area contributed by atoms with Crippen molar-refractivity contribution in [3.63, 3.8) is 0 Å². The molecule has 1 fully saturated rings. The second-order valence-corrected chi connectivity index (χ2v) is 11.0. The number of carbonyl (C=O) groups excluding carboxylic acids is 1. The molecule has 5 rings (SSSR count). The summed E-state index contributed by atoms with van der Waals surface area (Å²) < 4.78 is 21.6. The third-order valence-electron chi connectivity index (χ3n) is 7.33. The number of nitrogens with zero attached hydrogens (tertiary/aromatic N) is 3. The number of methoxy groups -OCH3 is 1. The van der Waals surface area contributed by atoms with Crippen molar-refractivity contribution >= 4 is 34.5 Å².